The normalized spacial score (nSPS) is 11.6. The average molecular weight is 272 g/mol. The molecule has 0 amide bonds. The van der Waals surface area contributed by atoms with E-state index < -0.39 is 3.23 Å². The van der Waals surface area contributed by atoms with Crippen LogP contribution in [0.15, 0.2) is 0 Å². The fourth-order valence-electron chi connectivity index (χ4n) is 0.575. The Morgan fingerprint density at radius 1 is 1.50 bits per heavy atom. The summed E-state index contributed by atoms with van der Waals surface area (Å²) in [6.45, 7) is 3.69. The fraction of sp³-hybridized carbons (Fsp3) is 0.857. The van der Waals surface area contributed by atoms with E-state index in [0.29, 0.717) is 0 Å². The van der Waals surface area contributed by atoms with Gasteiger partial charge in [0.15, 0.2) is 5.78 Å². The molecule has 0 aliphatic heterocycles. The largest absolute Gasteiger partial charge is 0.297 e. The van der Waals surface area contributed by atoms with Crippen LogP contribution < -0.4 is 0 Å². The van der Waals surface area contributed by atoms with Gasteiger partial charge in [-0.05, 0) is 13.3 Å². The summed E-state index contributed by atoms with van der Waals surface area (Å²) in [6, 6.07) is 0. The highest BCUT2D eigenvalue weighted by Crippen LogP contribution is 2.32. The van der Waals surface area contributed by atoms with Crippen LogP contribution >= 0.6 is 31.9 Å². The van der Waals surface area contributed by atoms with Crippen LogP contribution in [0.3, 0.4) is 0 Å². The van der Waals surface area contributed by atoms with Gasteiger partial charge in [0.1, 0.15) is 3.23 Å². The van der Waals surface area contributed by atoms with Crippen LogP contribution in [0.2, 0.25) is 0 Å². The molecular formula is C7H12Br2O. The van der Waals surface area contributed by atoms with Crippen molar-refractivity contribution in [2.24, 2.45) is 0 Å². The summed E-state index contributed by atoms with van der Waals surface area (Å²) in [4.78, 5) is 10.9. The van der Waals surface area contributed by atoms with Crippen molar-refractivity contribution in [3.8, 4) is 0 Å². The first kappa shape index (κ1) is 10.6. The predicted molar refractivity (Wildman–Crippen MR) is 50.8 cm³/mol. The third-order valence-electron chi connectivity index (χ3n) is 1.36. The van der Waals surface area contributed by atoms with Crippen molar-refractivity contribution < 1.29 is 4.79 Å². The number of halogens is 2. The molecule has 0 rings (SSSR count). The molecule has 0 saturated carbocycles. The van der Waals surface area contributed by atoms with Gasteiger partial charge in [-0.25, -0.2) is 0 Å². The Bertz CT molecular complexity index is 121. The Labute approximate surface area is 78.8 Å². The highest BCUT2D eigenvalue weighted by atomic mass is 79.9. The first-order valence-electron chi connectivity index (χ1n) is 3.39. The van der Waals surface area contributed by atoms with Gasteiger partial charge in [-0.2, -0.15) is 0 Å². The molecule has 0 radical (unpaired) electrons. The number of alkyl halides is 2. The smallest absolute Gasteiger partial charge is 0.157 e. The van der Waals surface area contributed by atoms with Crippen LogP contribution in [0.4, 0.5) is 0 Å². The molecule has 0 aromatic carbocycles. The summed E-state index contributed by atoms with van der Waals surface area (Å²) < 4.78 is -0.462. The van der Waals surface area contributed by atoms with Crippen LogP contribution in [-0.4, -0.2) is 9.02 Å². The molecule has 60 valence electrons. The zero-order valence-electron chi connectivity index (χ0n) is 6.29. The third-order valence-corrected chi connectivity index (χ3v) is 3.27. The van der Waals surface area contributed by atoms with E-state index in [1.807, 2.05) is 0 Å². The molecule has 0 aromatic heterocycles. The van der Waals surface area contributed by atoms with Crippen molar-refractivity contribution in [2.45, 2.75) is 36.3 Å². The Morgan fingerprint density at radius 3 is 2.30 bits per heavy atom. The second kappa shape index (κ2) is 4.50. The lowest BCUT2D eigenvalue weighted by atomic mass is 10.1. The molecule has 0 fully saturated rings. The molecule has 0 bridgehead atoms. The van der Waals surface area contributed by atoms with E-state index in [4.69, 9.17) is 0 Å². The maximum absolute atomic E-state index is 10.9. The second-order valence-electron chi connectivity index (χ2n) is 2.36. The molecule has 10 heavy (non-hydrogen) atoms. The molecule has 0 aliphatic rings. The minimum Gasteiger partial charge on any atom is -0.297 e. The SMILES string of the molecule is CCCCC(Br)(Br)C(C)=O. The highest BCUT2D eigenvalue weighted by Gasteiger charge is 2.26. The lowest BCUT2D eigenvalue weighted by molar-refractivity contribution is -0.117. The van der Waals surface area contributed by atoms with Crippen molar-refractivity contribution in [1.82, 2.24) is 0 Å². The van der Waals surface area contributed by atoms with Crippen LogP contribution in [0.1, 0.15) is 33.1 Å². The Hall–Kier alpha value is 0.630. The Morgan fingerprint density at radius 2 is 2.00 bits per heavy atom. The first-order valence-corrected chi connectivity index (χ1v) is 4.98. The zero-order valence-corrected chi connectivity index (χ0v) is 9.46. The fourth-order valence-corrected chi connectivity index (χ4v) is 1.14. The molecule has 0 N–H and O–H groups in total. The molecule has 0 aromatic rings. The van der Waals surface area contributed by atoms with Crippen molar-refractivity contribution in [1.29, 1.82) is 0 Å². The Kier molecular flexibility index (Phi) is 4.78. The molecular weight excluding hydrogens is 260 g/mol. The number of rotatable bonds is 4. The summed E-state index contributed by atoms with van der Waals surface area (Å²) in [5.74, 6) is 0.140. The van der Waals surface area contributed by atoms with Gasteiger partial charge in [0, 0.05) is 0 Å². The van der Waals surface area contributed by atoms with E-state index in [1.54, 1.807) is 6.92 Å². The van der Waals surface area contributed by atoms with E-state index >= 15 is 0 Å². The maximum atomic E-state index is 10.9. The van der Waals surface area contributed by atoms with E-state index in [0.717, 1.165) is 19.3 Å². The highest BCUT2D eigenvalue weighted by molar-refractivity contribution is 9.25. The van der Waals surface area contributed by atoms with Crippen molar-refractivity contribution in [3.63, 3.8) is 0 Å². The summed E-state index contributed by atoms with van der Waals surface area (Å²) >= 11 is 6.63. The zero-order chi connectivity index (χ0) is 8.20. The van der Waals surface area contributed by atoms with Gasteiger partial charge >= 0.3 is 0 Å². The number of unbranched alkanes of at least 4 members (excludes halogenated alkanes) is 1. The van der Waals surface area contributed by atoms with Gasteiger partial charge in [0.05, 0.1) is 0 Å². The number of Topliss-reactive ketones (excluding diaryl/α,β-unsaturated/α-hetero) is 1. The topological polar surface area (TPSA) is 17.1 Å². The first-order chi connectivity index (χ1) is 4.50. The number of carbonyl (C=O) groups excluding carboxylic acids is 1. The summed E-state index contributed by atoms with van der Waals surface area (Å²) in [7, 11) is 0. The van der Waals surface area contributed by atoms with Crippen LogP contribution in [0.25, 0.3) is 0 Å². The molecule has 0 spiro atoms. The molecule has 0 atom stereocenters. The minimum atomic E-state index is -0.462. The molecule has 3 heteroatoms. The number of ketones is 1. The van der Waals surface area contributed by atoms with E-state index in [-0.39, 0.29) is 5.78 Å². The predicted octanol–water partition coefficient (Wildman–Crippen LogP) is 3.25. The number of carbonyl (C=O) groups is 1. The summed E-state index contributed by atoms with van der Waals surface area (Å²) in [5.41, 5.74) is 0. The van der Waals surface area contributed by atoms with Gasteiger partial charge in [-0.3, -0.25) is 4.79 Å². The van der Waals surface area contributed by atoms with Crippen LogP contribution in [-0.2, 0) is 4.79 Å². The molecule has 0 saturated heterocycles. The van der Waals surface area contributed by atoms with Crippen LogP contribution in [0.5, 0.6) is 0 Å². The average Bonchev–Trinajstić information content (AvgIpc) is 1.84. The van der Waals surface area contributed by atoms with Crippen molar-refractivity contribution in [2.75, 3.05) is 0 Å². The van der Waals surface area contributed by atoms with E-state index in [1.165, 1.54) is 0 Å². The standard InChI is InChI=1S/C7H12Br2O/c1-3-4-5-7(8,9)6(2)10/h3-5H2,1-2H3. The lowest BCUT2D eigenvalue weighted by Crippen LogP contribution is -2.21. The quantitative estimate of drug-likeness (QED) is 0.718. The third kappa shape index (κ3) is 3.71. The van der Waals surface area contributed by atoms with Gasteiger partial charge < -0.3 is 0 Å². The van der Waals surface area contributed by atoms with Crippen LogP contribution in [0, 0.1) is 0 Å². The van der Waals surface area contributed by atoms with Crippen molar-refractivity contribution in [3.05, 3.63) is 0 Å². The van der Waals surface area contributed by atoms with Gasteiger partial charge in [0.2, 0.25) is 0 Å². The van der Waals surface area contributed by atoms with Gasteiger partial charge in [0.25, 0.3) is 0 Å². The molecule has 0 heterocycles. The summed E-state index contributed by atoms with van der Waals surface area (Å²) in [5, 5.41) is 0. The van der Waals surface area contributed by atoms with E-state index in [2.05, 4.69) is 38.8 Å². The summed E-state index contributed by atoms with van der Waals surface area (Å²) in [6.07, 6.45) is 3.04. The van der Waals surface area contributed by atoms with Crippen molar-refractivity contribution >= 4 is 37.6 Å². The molecule has 0 aliphatic carbocycles. The number of hydrogen-bond donors (Lipinski definition) is 0. The minimum absolute atomic E-state index is 0.140. The second-order valence-corrected chi connectivity index (χ2v) is 6.14. The molecule has 0 unspecified atom stereocenters. The lowest BCUT2D eigenvalue weighted by Gasteiger charge is -2.15. The molecule has 1 nitrogen and oxygen atoms in total. The van der Waals surface area contributed by atoms with Gasteiger partial charge in [-0.1, -0.05) is 51.6 Å². The Balaban J connectivity index is 3.75. The number of hydrogen-bond acceptors (Lipinski definition) is 1. The van der Waals surface area contributed by atoms with Gasteiger partial charge in [-0.15, -0.1) is 0 Å². The maximum Gasteiger partial charge on any atom is 0.157 e. The van der Waals surface area contributed by atoms with E-state index in [9.17, 15) is 4.79 Å². The monoisotopic (exact) mass is 270 g/mol.